The number of nitrogens with zero attached hydrogens (tertiary/aromatic N) is 1. The second-order valence-corrected chi connectivity index (χ2v) is 4.98. The standard InChI is InChI=1S/C10H16N2OS/c13-5-3-10(1-2-10)8-11-7-9-12-4-6-14-9/h4,6,11,13H,1-3,5,7-8H2. The summed E-state index contributed by atoms with van der Waals surface area (Å²) in [5.74, 6) is 0. The van der Waals surface area contributed by atoms with Gasteiger partial charge in [0, 0.05) is 31.3 Å². The van der Waals surface area contributed by atoms with E-state index in [1.165, 1.54) is 12.8 Å². The van der Waals surface area contributed by atoms with Gasteiger partial charge in [0.1, 0.15) is 5.01 Å². The predicted molar refractivity (Wildman–Crippen MR) is 57.2 cm³/mol. The van der Waals surface area contributed by atoms with Crippen molar-refractivity contribution in [2.75, 3.05) is 13.2 Å². The summed E-state index contributed by atoms with van der Waals surface area (Å²) in [5.41, 5.74) is 0.409. The van der Waals surface area contributed by atoms with Crippen molar-refractivity contribution < 1.29 is 5.11 Å². The molecule has 1 fully saturated rings. The minimum atomic E-state index is 0.318. The van der Waals surface area contributed by atoms with Gasteiger partial charge in [-0.15, -0.1) is 11.3 Å². The predicted octanol–water partition coefficient (Wildman–Crippen LogP) is 1.40. The molecule has 0 spiro atoms. The molecule has 1 aliphatic carbocycles. The monoisotopic (exact) mass is 212 g/mol. The number of nitrogens with one attached hydrogen (secondary N) is 1. The zero-order chi connectivity index (χ0) is 9.86. The van der Waals surface area contributed by atoms with Crippen LogP contribution in [0.1, 0.15) is 24.3 Å². The zero-order valence-electron chi connectivity index (χ0n) is 8.20. The van der Waals surface area contributed by atoms with E-state index in [4.69, 9.17) is 5.11 Å². The van der Waals surface area contributed by atoms with Gasteiger partial charge in [-0.3, -0.25) is 0 Å². The number of aliphatic hydroxyl groups is 1. The van der Waals surface area contributed by atoms with Crippen LogP contribution in [0.15, 0.2) is 11.6 Å². The highest BCUT2D eigenvalue weighted by molar-refractivity contribution is 7.09. The topological polar surface area (TPSA) is 45.1 Å². The van der Waals surface area contributed by atoms with Gasteiger partial charge in [-0.25, -0.2) is 4.98 Å². The van der Waals surface area contributed by atoms with Crippen molar-refractivity contribution in [2.24, 2.45) is 5.41 Å². The molecule has 0 radical (unpaired) electrons. The molecule has 1 aromatic heterocycles. The third kappa shape index (κ3) is 2.53. The largest absolute Gasteiger partial charge is 0.396 e. The molecule has 1 aromatic rings. The Morgan fingerprint density at radius 2 is 2.43 bits per heavy atom. The number of hydrogen-bond acceptors (Lipinski definition) is 4. The van der Waals surface area contributed by atoms with Crippen molar-refractivity contribution in [3.05, 3.63) is 16.6 Å². The molecule has 1 heterocycles. The first-order valence-corrected chi connectivity index (χ1v) is 5.93. The van der Waals surface area contributed by atoms with Crippen LogP contribution < -0.4 is 5.32 Å². The van der Waals surface area contributed by atoms with Gasteiger partial charge in [0.05, 0.1) is 0 Å². The summed E-state index contributed by atoms with van der Waals surface area (Å²) >= 11 is 1.68. The Morgan fingerprint density at radius 3 is 3.00 bits per heavy atom. The summed E-state index contributed by atoms with van der Waals surface area (Å²) in [6.45, 7) is 2.21. The first kappa shape index (κ1) is 10.1. The molecule has 1 aliphatic rings. The van der Waals surface area contributed by atoms with E-state index in [-0.39, 0.29) is 0 Å². The summed E-state index contributed by atoms with van der Waals surface area (Å²) in [6.07, 6.45) is 5.30. The van der Waals surface area contributed by atoms with Gasteiger partial charge in [-0.2, -0.15) is 0 Å². The molecule has 0 atom stereocenters. The first-order valence-electron chi connectivity index (χ1n) is 5.05. The van der Waals surface area contributed by atoms with Gasteiger partial charge in [0.2, 0.25) is 0 Å². The Bertz CT molecular complexity index is 270. The van der Waals surface area contributed by atoms with Crippen molar-refractivity contribution >= 4 is 11.3 Å². The van der Waals surface area contributed by atoms with E-state index in [1.54, 1.807) is 11.3 Å². The third-order valence-corrected chi connectivity index (χ3v) is 3.64. The lowest BCUT2D eigenvalue weighted by atomic mass is 10.0. The fourth-order valence-electron chi connectivity index (χ4n) is 1.70. The molecule has 3 nitrogen and oxygen atoms in total. The van der Waals surface area contributed by atoms with Gasteiger partial charge in [0.25, 0.3) is 0 Å². The minimum Gasteiger partial charge on any atom is -0.396 e. The van der Waals surface area contributed by atoms with Crippen LogP contribution in [-0.2, 0) is 6.54 Å². The van der Waals surface area contributed by atoms with E-state index in [2.05, 4.69) is 10.3 Å². The van der Waals surface area contributed by atoms with E-state index in [0.29, 0.717) is 12.0 Å². The number of hydrogen-bond donors (Lipinski definition) is 2. The van der Waals surface area contributed by atoms with E-state index >= 15 is 0 Å². The van der Waals surface area contributed by atoms with Crippen molar-refractivity contribution in [3.63, 3.8) is 0 Å². The Hall–Kier alpha value is -0.450. The molecule has 0 saturated heterocycles. The van der Waals surface area contributed by atoms with Gasteiger partial charge >= 0.3 is 0 Å². The summed E-state index contributed by atoms with van der Waals surface area (Å²) < 4.78 is 0. The van der Waals surface area contributed by atoms with Crippen LogP contribution in [0, 0.1) is 5.41 Å². The zero-order valence-corrected chi connectivity index (χ0v) is 9.02. The molecule has 0 unspecified atom stereocenters. The van der Waals surface area contributed by atoms with Crippen LogP contribution in [0.2, 0.25) is 0 Å². The molecule has 1 saturated carbocycles. The van der Waals surface area contributed by atoms with Crippen LogP contribution in [0.5, 0.6) is 0 Å². The van der Waals surface area contributed by atoms with Crippen LogP contribution in [0.3, 0.4) is 0 Å². The highest BCUT2D eigenvalue weighted by Gasteiger charge is 2.41. The lowest BCUT2D eigenvalue weighted by molar-refractivity contribution is 0.245. The van der Waals surface area contributed by atoms with Gasteiger partial charge in [-0.1, -0.05) is 0 Å². The van der Waals surface area contributed by atoms with Crippen LogP contribution in [-0.4, -0.2) is 23.2 Å². The Morgan fingerprint density at radius 1 is 1.57 bits per heavy atom. The summed E-state index contributed by atoms with van der Waals surface area (Å²) in [7, 11) is 0. The SMILES string of the molecule is OCCC1(CNCc2nccs2)CC1. The Labute approximate surface area is 88.2 Å². The van der Waals surface area contributed by atoms with Gasteiger partial charge in [0.15, 0.2) is 0 Å². The molecule has 0 amide bonds. The highest BCUT2D eigenvalue weighted by Crippen LogP contribution is 2.47. The maximum Gasteiger partial charge on any atom is 0.106 e. The van der Waals surface area contributed by atoms with Crippen LogP contribution in [0.25, 0.3) is 0 Å². The second kappa shape index (κ2) is 4.38. The second-order valence-electron chi connectivity index (χ2n) is 4.00. The molecule has 0 bridgehead atoms. The molecule has 0 aliphatic heterocycles. The highest BCUT2D eigenvalue weighted by atomic mass is 32.1. The van der Waals surface area contributed by atoms with Crippen LogP contribution >= 0.6 is 11.3 Å². The molecule has 0 aromatic carbocycles. The summed E-state index contributed by atoms with van der Waals surface area (Å²) in [5, 5.41) is 15.4. The summed E-state index contributed by atoms with van der Waals surface area (Å²) in [6, 6.07) is 0. The average molecular weight is 212 g/mol. The van der Waals surface area contributed by atoms with Crippen molar-refractivity contribution in [1.29, 1.82) is 0 Å². The average Bonchev–Trinajstić information content (AvgIpc) is 2.75. The molecular formula is C10H16N2OS. The Kier molecular flexibility index (Phi) is 3.15. The van der Waals surface area contributed by atoms with Gasteiger partial charge in [-0.05, 0) is 24.7 Å². The summed E-state index contributed by atoms with van der Waals surface area (Å²) in [4.78, 5) is 4.21. The lowest BCUT2D eigenvalue weighted by Crippen LogP contribution is -2.24. The van der Waals surface area contributed by atoms with Crippen LogP contribution in [0.4, 0.5) is 0 Å². The molecule has 2 N–H and O–H groups in total. The molecule has 2 rings (SSSR count). The van der Waals surface area contributed by atoms with Crippen molar-refractivity contribution in [2.45, 2.75) is 25.8 Å². The molecule has 4 heteroatoms. The van der Waals surface area contributed by atoms with Crippen molar-refractivity contribution in [1.82, 2.24) is 10.3 Å². The van der Waals surface area contributed by atoms with Gasteiger partial charge < -0.3 is 10.4 Å². The smallest absolute Gasteiger partial charge is 0.106 e. The van der Waals surface area contributed by atoms with E-state index in [9.17, 15) is 0 Å². The van der Waals surface area contributed by atoms with E-state index < -0.39 is 0 Å². The fraction of sp³-hybridized carbons (Fsp3) is 0.700. The van der Waals surface area contributed by atoms with Crippen molar-refractivity contribution in [3.8, 4) is 0 Å². The van der Waals surface area contributed by atoms with E-state index in [0.717, 1.165) is 24.5 Å². The Balaban J connectivity index is 1.68. The number of aliphatic hydroxyl groups excluding tert-OH is 1. The maximum atomic E-state index is 8.89. The lowest BCUT2D eigenvalue weighted by Gasteiger charge is -2.13. The minimum absolute atomic E-state index is 0.318. The first-order chi connectivity index (χ1) is 6.85. The third-order valence-electron chi connectivity index (χ3n) is 2.86. The number of rotatable bonds is 6. The van der Waals surface area contributed by atoms with E-state index in [1.807, 2.05) is 11.6 Å². The fourth-order valence-corrected chi connectivity index (χ4v) is 2.29. The quantitative estimate of drug-likeness (QED) is 0.749. The maximum absolute atomic E-state index is 8.89. The number of aromatic nitrogens is 1. The molecular weight excluding hydrogens is 196 g/mol. The molecule has 14 heavy (non-hydrogen) atoms. The number of thiazole rings is 1. The molecule has 78 valence electrons. The normalized spacial score (nSPS) is 18.4.